The largest absolute Gasteiger partial charge is 0.308 e. The molecule has 0 aliphatic rings. The van der Waals surface area contributed by atoms with Gasteiger partial charge in [0.15, 0.2) is 0 Å². The molecule has 0 unspecified atom stereocenters. The lowest BCUT2D eigenvalue weighted by molar-refractivity contribution is 0.677. The summed E-state index contributed by atoms with van der Waals surface area (Å²) in [6, 6.07) is 8.89. The van der Waals surface area contributed by atoms with Gasteiger partial charge in [0, 0.05) is 31.9 Å². The summed E-state index contributed by atoms with van der Waals surface area (Å²) in [6.45, 7) is 10.6. The van der Waals surface area contributed by atoms with Crippen molar-refractivity contribution in [2.24, 2.45) is 7.05 Å². The second-order valence-electron chi connectivity index (χ2n) is 6.37. The highest BCUT2D eigenvalue weighted by atomic mass is 15.3. The average molecular weight is 285 g/mol. The summed E-state index contributed by atoms with van der Waals surface area (Å²) in [5.74, 6) is 1.06. The van der Waals surface area contributed by atoms with Crippen LogP contribution in [0.4, 0.5) is 0 Å². The van der Waals surface area contributed by atoms with Crippen LogP contribution in [0, 0.1) is 0 Å². The van der Waals surface area contributed by atoms with Crippen molar-refractivity contribution in [1.82, 2.24) is 15.1 Å². The molecule has 0 saturated carbocycles. The number of nitrogens with one attached hydrogen (secondary N) is 1. The van der Waals surface area contributed by atoms with Crippen LogP contribution in [0.3, 0.4) is 0 Å². The van der Waals surface area contributed by atoms with E-state index in [1.807, 2.05) is 11.7 Å². The molecule has 21 heavy (non-hydrogen) atoms. The fourth-order valence-corrected chi connectivity index (χ4v) is 2.54. The van der Waals surface area contributed by atoms with Gasteiger partial charge in [-0.05, 0) is 23.0 Å². The molecule has 3 heteroatoms. The zero-order valence-electron chi connectivity index (χ0n) is 13.9. The van der Waals surface area contributed by atoms with Gasteiger partial charge in [-0.25, -0.2) is 0 Å². The molecular weight excluding hydrogens is 258 g/mol. The van der Waals surface area contributed by atoms with Crippen LogP contribution < -0.4 is 5.32 Å². The molecule has 0 bridgehead atoms. The fraction of sp³-hybridized carbons (Fsp3) is 0.500. The first-order valence-corrected chi connectivity index (χ1v) is 7.79. The van der Waals surface area contributed by atoms with Gasteiger partial charge in [0.05, 0.1) is 5.69 Å². The van der Waals surface area contributed by atoms with Crippen molar-refractivity contribution >= 4 is 0 Å². The first kappa shape index (κ1) is 15.8. The zero-order chi connectivity index (χ0) is 15.4. The molecule has 0 atom stereocenters. The van der Waals surface area contributed by atoms with Crippen LogP contribution in [0.25, 0.3) is 0 Å². The lowest BCUT2D eigenvalue weighted by Gasteiger charge is -2.09. The van der Waals surface area contributed by atoms with Crippen molar-refractivity contribution in [2.45, 2.75) is 52.6 Å². The van der Waals surface area contributed by atoms with Gasteiger partial charge in [0.25, 0.3) is 0 Å². The third-order valence-corrected chi connectivity index (χ3v) is 3.77. The quantitative estimate of drug-likeness (QED) is 0.870. The van der Waals surface area contributed by atoms with E-state index < -0.39 is 0 Å². The van der Waals surface area contributed by atoms with Gasteiger partial charge in [0.1, 0.15) is 0 Å². The maximum atomic E-state index is 4.54. The van der Waals surface area contributed by atoms with Crippen molar-refractivity contribution in [1.29, 1.82) is 0 Å². The van der Waals surface area contributed by atoms with Gasteiger partial charge in [-0.1, -0.05) is 52.0 Å². The maximum Gasteiger partial charge on any atom is 0.0694 e. The van der Waals surface area contributed by atoms with E-state index in [1.54, 1.807) is 0 Å². The number of hydrogen-bond donors (Lipinski definition) is 1. The number of aromatic nitrogens is 2. The Morgan fingerprint density at radius 1 is 1.00 bits per heavy atom. The third-order valence-electron chi connectivity index (χ3n) is 3.77. The Morgan fingerprint density at radius 2 is 1.67 bits per heavy atom. The minimum atomic E-state index is 0.466. The van der Waals surface area contributed by atoms with E-state index in [-0.39, 0.29) is 0 Å². The Kier molecular flexibility index (Phi) is 5.18. The van der Waals surface area contributed by atoms with E-state index in [4.69, 9.17) is 0 Å². The van der Waals surface area contributed by atoms with Gasteiger partial charge >= 0.3 is 0 Å². The van der Waals surface area contributed by atoms with Crippen molar-refractivity contribution < 1.29 is 0 Å². The van der Waals surface area contributed by atoms with Gasteiger partial charge in [-0.3, -0.25) is 4.68 Å². The van der Waals surface area contributed by atoms with E-state index in [0.29, 0.717) is 11.8 Å². The third kappa shape index (κ3) is 4.18. The summed E-state index contributed by atoms with van der Waals surface area (Å²) in [6.07, 6.45) is 2.12. The van der Waals surface area contributed by atoms with E-state index in [0.717, 1.165) is 13.1 Å². The second kappa shape index (κ2) is 6.90. The monoisotopic (exact) mass is 285 g/mol. The molecule has 0 amide bonds. The SMILES string of the molecule is CC(C)c1ccc(CNCc2cn(C)nc2C(C)C)cc1. The maximum absolute atomic E-state index is 4.54. The number of rotatable bonds is 6. The molecule has 1 N–H and O–H groups in total. The van der Waals surface area contributed by atoms with Crippen LogP contribution in [0.1, 0.15) is 61.9 Å². The average Bonchev–Trinajstić information content (AvgIpc) is 2.81. The predicted octanol–water partition coefficient (Wildman–Crippen LogP) is 3.96. The van der Waals surface area contributed by atoms with Crippen LogP contribution in [-0.2, 0) is 20.1 Å². The van der Waals surface area contributed by atoms with Gasteiger partial charge in [-0.2, -0.15) is 5.10 Å². The van der Waals surface area contributed by atoms with Crippen LogP contribution in [0.2, 0.25) is 0 Å². The molecule has 1 heterocycles. The Hall–Kier alpha value is -1.61. The normalized spacial score (nSPS) is 11.6. The molecule has 0 fully saturated rings. The summed E-state index contributed by atoms with van der Waals surface area (Å²) in [7, 11) is 1.99. The Bertz CT molecular complexity index is 565. The van der Waals surface area contributed by atoms with Gasteiger partial charge in [0.2, 0.25) is 0 Å². The Balaban J connectivity index is 1.92. The van der Waals surface area contributed by atoms with E-state index in [2.05, 4.69) is 68.6 Å². The van der Waals surface area contributed by atoms with Crippen LogP contribution in [0.5, 0.6) is 0 Å². The summed E-state index contributed by atoms with van der Waals surface area (Å²) in [5, 5.41) is 8.07. The lowest BCUT2D eigenvalue weighted by atomic mass is 10.0. The van der Waals surface area contributed by atoms with Gasteiger partial charge in [-0.15, -0.1) is 0 Å². The topological polar surface area (TPSA) is 29.9 Å². The van der Waals surface area contributed by atoms with Crippen LogP contribution in [-0.4, -0.2) is 9.78 Å². The highest BCUT2D eigenvalue weighted by Gasteiger charge is 2.10. The number of aryl methyl sites for hydroxylation is 1. The molecule has 0 radical (unpaired) electrons. The predicted molar refractivity (Wildman–Crippen MR) is 88.4 cm³/mol. The Morgan fingerprint density at radius 3 is 2.24 bits per heavy atom. The van der Waals surface area contributed by atoms with Crippen LogP contribution in [0.15, 0.2) is 30.5 Å². The van der Waals surface area contributed by atoms with Crippen molar-refractivity contribution in [2.75, 3.05) is 0 Å². The highest BCUT2D eigenvalue weighted by Crippen LogP contribution is 2.17. The minimum absolute atomic E-state index is 0.466. The molecule has 1 aromatic heterocycles. The van der Waals surface area contributed by atoms with Gasteiger partial charge < -0.3 is 5.32 Å². The molecular formula is C18H27N3. The highest BCUT2D eigenvalue weighted by molar-refractivity contribution is 5.25. The van der Waals surface area contributed by atoms with Crippen molar-refractivity contribution in [3.63, 3.8) is 0 Å². The fourth-order valence-electron chi connectivity index (χ4n) is 2.54. The number of hydrogen-bond acceptors (Lipinski definition) is 2. The summed E-state index contributed by atoms with van der Waals surface area (Å²) >= 11 is 0. The molecule has 0 spiro atoms. The molecule has 0 saturated heterocycles. The lowest BCUT2D eigenvalue weighted by Crippen LogP contribution is -2.13. The Labute approximate surface area is 128 Å². The summed E-state index contributed by atoms with van der Waals surface area (Å²) in [5.41, 5.74) is 5.22. The smallest absolute Gasteiger partial charge is 0.0694 e. The first-order valence-electron chi connectivity index (χ1n) is 7.79. The molecule has 114 valence electrons. The van der Waals surface area contributed by atoms with E-state index in [9.17, 15) is 0 Å². The van der Waals surface area contributed by atoms with E-state index >= 15 is 0 Å². The van der Waals surface area contributed by atoms with E-state index in [1.165, 1.54) is 22.4 Å². The standard InChI is InChI=1S/C18H27N3/c1-13(2)16-8-6-15(7-9-16)10-19-11-17-12-21(5)20-18(17)14(3)4/h6-9,12-14,19H,10-11H2,1-5H3. The summed E-state index contributed by atoms with van der Waals surface area (Å²) in [4.78, 5) is 0. The molecule has 1 aromatic carbocycles. The molecule has 2 aromatic rings. The molecule has 3 nitrogen and oxygen atoms in total. The first-order chi connectivity index (χ1) is 9.97. The van der Waals surface area contributed by atoms with Crippen molar-refractivity contribution in [3.05, 3.63) is 52.8 Å². The second-order valence-corrected chi connectivity index (χ2v) is 6.37. The molecule has 0 aliphatic heterocycles. The number of benzene rings is 1. The molecule has 0 aliphatic carbocycles. The van der Waals surface area contributed by atoms with Crippen LogP contribution >= 0.6 is 0 Å². The number of nitrogens with zero attached hydrogens (tertiary/aromatic N) is 2. The zero-order valence-corrected chi connectivity index (χ0v) is 13.9. The molecule has 2 rings (SSSR count). The van der Waals surface area contributed by atoms with Crippen molar-refractivity contribution in [3.8, 4) is 0 Å². The minimum Gasteiger partial charge on any atom is -0.308 e. The summed E-state index contributed by atoms with van der Waals surface area (Å²) < 4.78 is 1.91.